The molecule has 0 atom stereocenters. The third kappa shape index (κ3) is 4.60. The number of benzene rings is 2. The van der Waals surface area contributed by atoms with E-state index in [0.29, 0.717) is 22.6 Å². The first kappa shape index (κ1) is 20.9. The zero-order valence-electron chi connectivity index (χ0n) is 16.3. The Balaban J connectivity index is 2.12. The van der Waals surface area contributed by atoms with Crippen molar-refractivity contribution in [3.05, 3.63) is 64.4 Å². The third-order valence-corrected chi connectivity index (χ3v) is 6.71. The SMILES string of the molecule is CCOC(=O)c1scc(-c2ccc(C)cc2)c1S(=O)(=O)Nc1cccc(OC)c1. The van der Waals surface area contributed by atoms with Gasteiger partial charge in [-0.1, -0.05) is 35.9 Å². The Morgan fingerprint density at radius 1 is 1.14 bits per heavy atom. The van der Waals surface area contributed by atoms with Gasteiger partial charge < -0.3 is 9.47 Å². The van der Waals surface area contributed by atoms with Crippen LogP contribution in [0.15, 0.2) is 58.8 Å². The Labute approximate surface area is 174 Å². The quantitative estimate of drug-likeness (QED) is 0.548. The van der Waals surface area contributed by atoms with Gasteiger partial charge in [0.05, 0.1) is 19.4 Å². The van der Waals surface area contributed by atoms with E-state index in [9.17, 15) is 13.2 Å². The first-order chi connectivity index (χ1) is 13.9. The van der Waals surface area contributed by atoms with Crippen LogP contribution in [0, 0.1) is 6.92 Å². The highest BCUT2D eigenvalue weighted by Crippen LogP contribution is 2.37. The largest absolute Gasteiger partial charge is 0.497 e. The van der Waals surface area contributed by atoms with Crippen molar-refractivity contribution in [2.75, 3.05) is 18.4 Å². The third-order valence-electron chi connectivity index (χ3n) is 4.16. The highest BCUT2D eigenvalue weighted by molar-refractivity contribution is 7.93. The number of carbonyl (C=O) groups excluding carboxylic acids is 1. The van der Waals surface area contributed by atoms with Crippen LogP contribution in [-0.2, 0) is 14.8 Å². The van der Waals surface area contributed by atoms with Crippen LogP contribution in [0.5, 0.6) is 5.75 Å². The lowest BCUT2D eigenvalue weighted by atomic mass is 10.1. The van der Waals surface area contributed by atoms with E-state index in [1.54, 1.807) is 36.6 Å². The molecule has 152 valence electrons. The minimum Gasteiger partial charge on any atom is -0.497 e. The zero-order valence-corrected chi connectivity index (χ0v) is 17.9. The molecule has 1 heterocycles. The summed E-state index contributed by atoms with van der Waals surface area (Å²) in [5, 5.41) is 1.66. The number of rotatable bonds is 7. The lowest BCUT2D eigenvalue weighted by molar-refractivity contribution is 0.0528. The number of hydrogen-bond donors (Lipinski definition) is 1. The molecule has 8 heteroatoms. The minimum absolute atomic E-state index is 0.0396. The summed E-state index contributed by atoms with van der Waals surface area (Å²) >= 11 is 1.05. The molecule has 1 aromatic heterocycles. The van der Waals surface area contributed by atoms with Gasteiger partial charge in [-0.25, -0.2) is 13.2 Å². The van der Waals surface area contributed by atoms with Crippen molar-refractivity contribution in [3.8, 4) is 16.9 Å². The predicted molar refractivity (Wildman–Crippen MR) is 114 cm³/mol. The molecule has 0 aliphatic rings. The molecule has 0 aliphatic heterocycles. The average Bonchev–Trinajstić information content (AvgIpc) is 3.15. The Morgan fingerprint density at radius 2 is 1.86 bits per heavy atom. The summed E-state index contributed by atoms with van der Waals surface area (Å²) in [5.74, 6) is -0.151. The van der Waals surface area contributed by atoms with Crippen molar-refractivity contribution in [2.45, 2.75) is 18.7 Å². The monoisotopic (exact) mass is 431 g/mol. The number of thiophene rings is 1. The van der Waals surface area contributed by atoms with Gasteiger partial charge in [-0.3, -0.25) is 4.72 Å². The predicted octanol–water partition coefficient (Wildman–Crippen LogP) is 4.71. The van der Waals surface area contributed by atoms with Gasteiger partial charge in [-0.15, -0.1) is 11.3 Å². The van der Waals surface area contributed by atoms with Crippen molar-refractivity contribution in [3.63, 3.8) is 0 Å². The topological polar surface area (TPSA) is 81.7 Å². The number of methoxy groups -OCH3 is 1. The van der Waals surface area contributed by atoms with Crippen molar-refractivity contribution in [1.82, 2.24) is 0 Å². The van der Waals surface area contributed by atoms with E-state index in [2.05, 4.69) is 4.72 Å². The smallest absolute Gasteiger partial charge is 0.349 e. The molecule has 3 rings (SSSR count). The van der Waals surface area contributed by atoms with Crippen LogP contribution in [0.3, 0.4) is 0 Å². The molecule has 0 fully saturated rings. The molecule has 0 saturated heterocycles. The number of aryl methyl sites for hydroxylation is 1. The number of sulfonamides is 1. The molecule has 1 N–H and O–H groups in total. The maximum Gasteiger partial charge on any atom is 0.349 e. The van der Waals surface area contributed by atoms with Crippen molar-refractivity contribution >= 4 is 33.0 Å². The van der Waals surface area contributed by atoms with Crippen molar-refractivity contribution < 1.29 is 22.7 Å². The number of nitrogens with one attached hydrogen (secondary N) is 1. The molecule has 0 bridgehead atoms. The van der Waals surface area contributed by atoms with Crippen molar-refractivity contribution in [2.24, 2.45) is 0 Å². The van der Waals surface area contributed by atoms with E-state index in [4.69, 9.17) is 9.47 Å². The second-order valence-corrected chi connectivity index (χ2v) is 8.73. The van der Waals surface area contributed by atoms with Crippen LogP contribution in [0.1, 0.15) is 22.2 Å². The number of carbonyl (C=O) groups is 1. The molecule has 6 nitrogen and oxygen atoms in total. The average molecular weight is 432 g/mol. The minimum atomic E-state index is -4.07. The fourth-order valence-electron chi connectivity index (χ4n) is 2.78. The molecule has 0 radical (unpaired) electrons. The van der Waals surface area contributed by atoms with Gasteiger partial charge in [0.15, 0.2) is 0 Å². The maximum atomic E-state index is 13.3. The highest BCUT2D eigenvalue weighted by Gasteiger charge is 2.30. The van der Waals surface area contributed by atoms with E-state index in [0.717, 1.165) is 16.9 Å². The standard InChI is InChI=1S/C21H21NO5S2/c1-4-27-21(23)19-20(18(13-28-19)15-10-8-14(2)9-11-15)29(24,25)22-16-6-5-7-17(12-16)26-3/h5-13,22H,4H2,1-3H3. The molecule has 0 unspecified atom stereocenters. The van der Waals surface area contributed by atoms with Gasteiger partial charge in [0.2, 0.25) is 0 Å². The summed E-state index contributed by atoms with van der Waals surface area (Å²) < 4.78 is 39.4. The van der Waals surface area contributed by atoms with Gasteiger partial charge in [-0.05, 0) is 31.5 Å². The number of anilines is 1. The number of esters is 1. The molecule has 0 spiro atoms. The van der Waals surface area contributed by atoms with Crippen LogP contribution < -0.4 is 9.46 Å². The van der Waals surface area contributed by atoms with Gasteiger partial charge in [-0.2, -0.15) is 0 Å². The Morgan fingerprint density at radius 3 is 2.52 bits per heavy atom. The Bertz CT molecular complexity index is 1120. The molecule has 3 aromatic rings. The van der Waals surface area contributed by atoms with Gasteiger partial charge in [0.1, 0.15) is 15.5 Å². The fourth-order valence-corrected chi connectivity index (χ4v) is 5.52. The lowest BCUT2D eigenvalue weighted by Gasteiger charge is -2.12. The van der Waals surface area contributed by atoms with E-state index in [1.807, 2.05) is 31.2 Å². The van der Waals surface area contributed by atoms with E-state index in [-0.39, 0.29) is 16.4 Å². The molecular formula is C21H21NO5S2. The van der Waals surface area contributed by atoms with E-state index < -0.39 is 16.0 Å². The first-order valence-corrected chi connectivity index (χ1v) is 11.2. The maximum absolute atomic E-state index is 13.3. The summed E-state index contributed by atoms with van der Waals surface area (Å²) in [5.41, 5.74) is 2.54. The summed E-state index contributed by atoms with van der Waals surface area (Å²) in [6, 6.07) is 14.0. The second-order valence-electron chi connectivity index (χ2n) is 6.23. The Kier molecular flexibility index (Phi) is 6.24. The van der Waals surface area contributed by atoms with E-state index >= 15 is 0 Å². The molecule has 0 saturated carbocycles. The normalized spacial score (nSPS) is 11.1. The highest BCUT2D eigenvalue weighted by atomic mass is 32.2. The van der Waals surface area contributed by atoms with Gasteiger partial charge in [0, 0.05) is 17.0 Å². The molecule has 0 amide bonds. The molecule has 2 aromatic carbocycles. The van der Waals surface area contributed by atoms with Crippen LogP contribution in [0.25, 0.3) is 11.1 Å². The lowest BCUT2D eigenvalue weighted by Crippen LogP contribution is -2.17. The summed E-state index contributed by atoms with van der Waals surface area (Å²) in [6.07, 6.45) is 0. The molecule has 0 aliphatic carbocycles. The number of ether oxygens (including phenoxy) is 2. The molecular weight excluding hydrogens is 410 g/mol. The van der Waals surface area contributed by atoms with Crippen LogP contribution in [-0.4, -0.2) is 28.1 Å². The van der Waals surface area contributed by atoms with E-state index in [1.165, 1.54) is 7.11 Å². The van der Waals surface area contributed by atoms with Crippen LogP contribution >= 0.6 is 11.3 Å². The number of hydrogen-bond acceptors (Lipinski definition) is 6. The fraction of sp³-hybridized carbons (Fsp3) is 0.190. The van der Waals surface area contributed by atoms with Crippen LogP contribution in [0.2, 0.25) is 0 Å². The van der Waals surface area contributed by atoms with Gasteiger partial charge in [0.25, 0.3) is 10.0 Å². The van der Waals surface area contributed by atoms with Crippen molar-refractivity contribution in [1.29, 1.82) is 0 Å². The summed E-state index contributed by atoms with van der Waals surface area (Å²) in [7, 11) is -2.57. The Hall–Kier alpha value is -2.84. The first-order valence-electron chi connectivity index (χ1n) is 8.88. The van der Waals surface area contributed by atoms with Gasteiger partial charge >= 0.3 is 5.97 Å². The summed E-state index contributed by atoms with van der Waals surface area (Å²) in [6.45, 7) is 3.78. The zero-order chi connectivity index (χ0) is 21.0. The molecule has 29 heavy (non-hydrogen) atoms. The summed E-state index contributed by atoms with van der Waals surface area (Å²) in [4.78, 5) is 12.4. The second kappa shape index (κ2) is 8.67. The van der Waals surface area contributed by atoms with Crippen LogP contribution in [0.4, 0.5) is 5.69 Å².